The van der Waals surface area contributed by atoms with Crippen LogP contribution in [-0.4, -0.2) is 23.1 Å². The summed E-state index contributed by atoms with van der Waals surface area (Å²) < 4.78 is 2.99. The first-order valence-electron chi connectivity index (χ1n) is 5.67. The molecule has 0 aliphatic carbocycles. The number of thioether (sulfide) groups is 1. The Balaban J connectivity index is 2.43. The summed E-state index contributed by atoms with van der Waals surface area (Å²) in [5.41, 5.74) is 3.33. The molecule has 1 N–H and O–H groups in total. The van der Waals surface area contributed by atoms with E-state index in [2.05, 4.69) is 56.9 Å². The van der Waals surface area contributed by atoms with Crippen molar-refractivity contribution in [2.75, 3.05) is 13.3 Å². The number of hydrogen-bond donors (Lipinski definition) is 1. The van der Waals surface area contributed by atoms with Crippen LogP contribution in [0.4, 0.5) is 0 Å². The van der Waals surface area contributed by atoms with Crippen molar-refractivity contribution < 1.29 is 0 Å². The minimum Gasteiger partial charge on any atom is -0.314 e. The molecule has 1 aromatic heterocycles. The smallest absolute Gasteiger partial charge is 0.0910 e. The summed E-state index contributed by atoms with van der Waals surface area (Å²) in [6, 6.07) is 8.54. The van der Waals surface area contributed by atoms with Gasteiger partial charge in [0.25, 0.3) is 0 Å². The van der Waals surface area contributed by atoms with Crippen molar-refractivity contribution in [1.82, 2.24) is 15.1 Å². The van der Waals surface area contributed by atoms with E-state index in [1.54, 1.807) is 11.8 Å². The van der Waals surface area contributed by atoms with Crippen LogP contribution in [0.15, 0.2) is 33.6 Å². The Morgan fingerprint density at radius 1 is 1.33 bits per heavy atom. The van der Waals surface area contributed by atoms with Crippen LogP contribution < -0.4 is 5.32 Å². The van der Waals surface area contributed by atoms with Crippen LogP contribution in [0, 0.1) is 0 Å². The number of nitrogens with zero attached hydrogens (tertiary/aromatic N) is 2. The van der Waals surface area contributed by atoms with E-state index in [0.29, 0.717) is 0 Å². The molecule has 2 rings (SSSR count). The fourth-order valence-electron chi connectivity index (χ4n) is 1.90. The van der Waals surface area contributed by atoms with Crippen molar-refractivity contribution in [2.24, 2.45) is 7.05 Å². The number of aromatic nitrogens is 2. The number of aryl methyl sites for hydroxylation is 1. The molecule has 18 heavy (non-hydrogen) atoms. The fourth-order valence-corrected chi connectivity index (χ4v) is 3.01. The Bertz CT molecular complexity index is 534. The van der Waals surface area contributed by atoms with Crippen LogP contribution >= 0.6 is 27.7 Å². The summed E-state index contributed by atoms with van der Waals surface area (Å²) in [6.45, 7) is 0.761. The van der Waals surface area contributed by atoms with Crippen LogP contribution in [0.2, 0.25) is 0 Å². The highest BCUT2D eigenvalue weighted by atomic mass is 79.9. The lowest BCUT2D eigenvalue weighted by molar-refractivity contribution is 0.715. The first-order chi connectivity index (χ1) is 8.67. The maximum Gasteiger partial charge on any atom is 0.0910 e. The summed E-state index contributed by atoms with van der Waals surface area (Å²) in [7, 11) is 3.90. The standard InChI is InChI=1S/C13H16BrN3S/c1-15-8-11-12(14)13(17(2)16-11)9-4-6-10(18-3)7-5-9/h4-7,15H,8H2,1-3H3. The van der Waals surface area contributed by atoms with Gasteiger partial charge in [0.1, 0.15) is 0 Å². The van der Waals surface area contributed by atoms with E-state index in [0.717, 1.165) is 22.4 Å². The van der Waals surface area contributed by atoms with Crippen molar-refractivity contribution in [3.05, 3.63) is 34.4 Å². The van der Waals surface area contributed by atoms with Gasteiger partial charge in [0.05, 0.1) is 15.9 Å². The van der Waals surface area contributed by atoms with E-state index in [9.17, 15) is 0 Å². The fraction of sp³-hybridized carbons (Fsp3) is 0.308. The minimum atomic E-state index is 0.761. The molecule has 1 aromatic carbocycles. The quantitative estimate of drug-likeness (QED) is 0.875. The Morgan fingerprint density at radius 2 is 2.00 bits per heavy atom. The Labute approximate surface area is 120 Å². The van der Waals surface area contributed by atoms with Crippen molar-refractivity contribution in [1.29, 1.82) is 0 Å². The van der Waals surface area contributed by atoms with E-state index in [-0.39, 0.29) is 0 Å². The summed E-state index contributed by atoms with van der Waals surface area (Å²) in [4.78, 5) is 1.27. The first-order valence-corrected chi connectivity index (χ1v) is 7.69. The van der Waals surface area contributed by atoms with E-state index in [1.807, 2.05) is 18.8 Å². The second-order valence-electron chi connectivity index (χ2n) is 3.99. The van der Waals surface area contributed by atoms with Crippen molar-refractivity contribution in [3.8, 4) is 11.3 Å². The molecule has 0 unspecified atom stereocenters. The third kappa shape index (κ3) is 2.63. The molecule has 0 radical (unpaired) electrons. The lowest BCUT2D eigenvalue weighted by atomic mass is 10.1. The molecule has 0 saturated carbocycles. The summed E-state index contributed by atoms with van der Waals surface area (Å²) >= 11 is 5.40. The predicted octanol–water partition coefficient (Wildman–Crippen LogP) is 3.29. The third-order valence-electron chi connectivity index (χ3n) is 2.76. The zero-order valence-corrected chi connectivity index (χ0v) is 13.1. The number of halogens is 1. The lowest BCUT2D eigenvalue weighted by Crippen LogP contribution is -2.06. The highest BCUT2D eigenvalue weighted by Gasteiger charge is 2.14. The molecule has 0 spiro atoms. The van der Waals surface area contributed by atoms with Crippen molar-refractivity contribution in [2.45, 2.75) is 11.4 Å². The molecule has 5 heteroatoms. The van der Waals surface area contributed by atoms with Gasteiger partial charge in [0.2, 0.25) is 0 Å². The minimum absolute atomic E-state index is 0.761. The molecular weight excluding hydrogens is 310 g/mol. The predicted molar refractivity (Wildman–Crippen MR) is 80.9 cm³/mol. The van der Waals surface area contributed by atoms with Crippen LogP contribution in [0.3, 0.4) is 0 Å². The van der Waals surface area contributed by atoms with E-state index >= 15 is 0 Å². The molecule has 0 bridgehead atoms. The third-order valence-corrected chi connectivity index (χ3v) is 4.34. The molecule has 3 nitrogen and oxygen atoms in total. The van der Waals surface area contributed by atoms with Crippen LogP contribution in [-0.2, 0) is 13.6 Å². The Morgan fingerprint density at radius 3 is 2.56 bits per heavy atom. The maximum absolute atomic E-state index is 4.52. The van der Waals surface area contributed by atoms with Gasteiger partial charge in [-0.3, -0.25) is 4.68 Å². The van der Waals surface area contributed by atoms with Crippen LogP contribution in [0.25, 0.3) is 11.3 Å². The molecule has 0 aliphatic heterocycles. The molecule has 0 aliphatic rings. The maximum atomic E-state index is 4.52. The molecule has 0 fully saturated rings. The van der Waals surface area contributed by atoms with Gasteiger partial charge in [-0.1, -0.05) is 12.1 Å². The Hall–Kier alpha value is -0.780. The number of rotatable bonds is 4. The van der Waals surface area contributed by atoms with E-state index in [1.165, 1.54) is 10.5 Å². The average Bonchev–Trinajstić information content (AvgIpc) is 2.65. The van der Waals surface area contributed by atoms with Gasteiger partial charge in [-0.25, -0.2) is 0 Å². The lowest BCUT2D eigenvalue weighted by Gasteiger charge is -2.04. The van der Waals surface area contributed by atoms with Crippen LogP contribution in [0.1, 0.15) is 5.69 Å². The largest absolute Gasteiger partial charge is 0.314 e. The number of hydrogen-bond acceptors (Lipinski definition) is 3. The second-order valence-corrected chi connectivity index (χ2v) is 5.66. The van der Waals surface area contributed by atoms with Gasteiger partial charge < -0.3 is 5.32 Å². The summed E-state index contributed by atoms with van der Waals surface area (Å²) in [5.74, 6) is 0. The SMILES string of the molecule is CNCc1nn(C)c(-c2ccc(SC)cc2)c1Br. The normalized spacial score (nSPS) is 10.9. The highest BCUT2D eigenvalue weighted by molar-refractivity contribution is 9.10. The number of benzene rings is 1. The Kier molecular flexibility index (Phi) is 4.48. The monoisotopic (exact) mass is 325 g/mol. The number of nitrogens with one attached hydrogen (secondary N) is 1. The van der Waals surface area contributed by atoms with Gasteiger partial charge in [-0.15, -0.1) is 11.8 Å². The van der Waals surface area contributed by atoms with Crippen molar-refractivity contribution in [3.63, 3.8) is 0 Å². The zero-order chi connectivity index (χ0) is 13.1. The van der Waals surface area contributed by atoms with Crippen LogP contribution in [0.5, 0.6) is 0 Å². The average molecular weight is 326 g/mol. The molecule has 1 heterocycles. The molecular formula is C13H16BrN3S. The first kappa shape index (κ1) is 13.6. The van der Waals surface area contributed by atoms with Gasteiger partial charge in [-0.2, -0.15) is 5.10 Å². The summed E-state index contributed by atoms with van der Waals surface area (Å²) in [5, 5.41) is 7.65. The van der Waals surface area contributed by atoms with Gasteiger partial charge >= 0.3 is 0 Å². The zero-order valence-electron chi connectivity index (χ0n) is 10.7. The molecule has 0 atom stereocenters. The van der Waals surface area contributed by atoms with E-state index in [4.69, 9.17) is 0 Å². The van der Waals surface area contributed by atoms with E-state index < -0.39 is 0 Å². The summed E-state index contributed by atoms with van der Waals surface area (Å²) in [6.07, 6.45) is 2.08. The van der Waals surface area contributed by atoms with Crippen molar-refractivity contribution >= 4 is 27.7 Å². The second kappa shape index (κ2) is 5.91. The molecule has 96 valence electrons. The van der Waals surface area contributed by atoms with Gasteiger partial charge in [0.15, 0.2) is 0 Å². The topological polar surface area (TPSA) is 29.9 Å². The molecule has 0 saturated heterocycles. The highest BCUT2D eigenvalue weighted by Crippen LogP contribution is 2.31. The molecule has 2 aromatic rings. The van der Waals surface area contributed by atoms with Gasteiger partial charge in [0, 0.05) is 24.1 Å². The molecule has 0 amide bonds. The van der Waals surface area contributed by atoms with Gasteiger partial charge in [-0.05, 0) is 41.4 Å².